The Bertz CT molecular complexity index is 1090. The number of hydrogen-bond acceptors (Lipinski definition) is 6. The number of nitrogens with two attached hydrogens (primary N) is 1. The molecule has 3 aromatic rings. The molecule has 8 heteroatoms. The number of aliphatic hydroxyl groups is 1. The van der Waals surface area contributed by atoms with Crippen LogP contribution in [0.4, 0.5) is 11.4 Å². The van der Waals surface area contributed by atoms with E-state index in [4.69, 9.17) is 10.3 Å². The Kier molecular flexibility index (Phi) is 8.38. The summed E-state index contributed by atoms with van der Waals surface area (Å²) in [5.41, 5.74) is 8.55. The number of rotatable bonds is 10. The minimum absolute atomic E-state index is 0.273. The van der Waals surface area contributed by atoms with Crippen LogP contribution in [-0.2, 0) is 9.09 Å². The van der Waals surface area contributed by atoms with Crippen molar-refractivity contribution in [1.82, 2.24) is 0 Å². The van der Waals surface area contributed by atoms with Gasteiger partial charge < -0.3 is 16.2 Å². The van der Waals surface area contributed by atoms with Crippen LogP contribution in [-0.4, -0.2) is 22.8 Å². The molecule has 1 amide bonds. The molecule has 3 rings (SSSR count). The molecule has 6 nitrogen and oxygen atoms in total. The second-order valence-corrected chi connectivity index (χ2v) is 10.9. The van der Waals surface area contributed by atoms with Gasteiger partial charge in [0, 0.05) is 10.4 Å². The van der Waals surface area contributed by atoms with Crippen LogP contribution >= 0.6 is 19.4 Å². The van der Waals surface area contributed by atoms with E-state index in [0.29, 0.717) is 35.9 Å². The monoisotopic (exact) mass is 485 g/mol. The van der Waals surface area contributed by atoms with Crippen molar-refractivity contribution < 1.29 is 19.0 Å². The average molecular weight is 486 g/mol. The molecule has 0 fully saturated rings. The minimum atomic E-state index is -1.79. The number of amides is 1. The Morgan fingerprint density at radius 3 is 2.55 bits per heavy atom. The maximum Gasteiger partial charge on any atom is 0.508 e. The summed E-state index contributed by atoms with van der Waals surface area (Å²) in [6, 6.07) is 16.6. The van der Waals surface area contributed by atoms with Crippen LogP contribution in [0.1, 0.15) is 55.6 Å². The fourth-order valence-electron chi connectivity index (χ4n) is 3.29. The van der Waals surface area contributed by atoms with E-state index in [-0.39, 0.29) is 5.91 Å². The first-order valence-electron chi connectivity index (χ1n) is 10.8. The van der Waals surface area contributed by atoms with Gasteiger partial charge in [0.2, 0.25) is 0 Å². The van der Waals surface area contributed by atoms with Crippen molar-refractivity contribution >= 4 is 36.6 Å². The highest BCUT2D eigenvalue weighted by molar-refractivity contribution is 7.39. The van der Waals surface area contributed by atoms with Crippen molar-refractivity contribution in [2.75, 3.05) is 17.2 Å². The number of nitrogens with one attached hydrogen (secondary N) is 1. The molecule has 1 aromatic heterocycles. The Morgan fingerprint density at radius 2 is 1.94 bits per heavy atom. The fourth-order valence-corrected chi connectivity index (χ4v) is 4.67. The van der Waals surface area contributed by atoms with E-state index in [2.05, 4.69) is 5.32 Å². The molecule has 174 valence electrons. The second kappa shape index (κ2) is 11.0. The Balaban J connectivity index is 1.75. The van der Waals surface area contributed by atoms with Gasteiger partial charge in [0.25, 0.3) is 5.91 Å². The molecule has 0 radical (unpaired) electrons. The third kappa shape index (κ3) is 7.21. The highest BCUT2D eigenvalue weighted by atomic mass is 32.1. The zero-order chi connectivity index (χ0) is 24.0. The molecule has 2 unspecified atom stereocenters. The lowest BCUT2D eigenvalue weighted by Gasteiger charge is -2.20. The van der Waals surface area contributed by atoms with Crippen LogP contribution in [0.5, 0.6) is 0 Å². The van der Waals surface area contributed by atoms with Gasteiger partial charge in [0.05, 0.1) is 17.0 Å². The van der Waals surface area contributed by atoms with Gasteiger partial charge >= 0.3 is 8.03 Å². The number of benzene rings is 2. The lowest BCUT2D eigenvalue weighted by molar-refractivity contribution is 0.0541. The van der Waals surface area contributed by atoms with Crippen molar-refractivity contribution in [2.45, 2.75) is 45.3 Å². The largest absolute Gasteiger partial charge is 0.508 e. The Labute approximate surface area is 199 Å². The Hall–Kier alpha value is -2.57. The van der Waals surface area contributed by atoms with E-state index in [1.54, 1.807) is 62.4 Å². The summed E-state index contributed by atoms with van der Waals surface area (Å²) < 4.78 is 17.8. The Morgan fingerprint density at radius 1 is 1.21 bits per heavy atom. The quantitative estimate of drug-likeness (QED) is 0.221. The van der Waals surface area contributed by atoms with Gasteiger partial charge in [-0.3, -0.25) is 4.79 Å². The highest BCUT2D eigenvalue weighted by Gasteiger charge is 2.27. The molecule has 0 saturated heterocycles. The predicted octanol–water partition coefficient (Wildman–Crippen LogP) is 6.62. The number of carbonyl (C=O) groups excluding carboxylic acids is 1. The second-order valence-electron chi connectivity index (χ2n) is 8.45. The van der Waals surface area contributed by atoms with Crippen molar-refractivity contribution in [1.29, 1.82) is 0 Å². The molecular formula is C25H30N2O4PS+. The molecule has 2 aromatic carbocycles. The third-order valence-corrected chi connectivity index (χ3v) is 7.10. The predicted molar refractivity (Wildman–Crippen MR) is 136 cm³/mol. The van der Waals surface area contributed by atoms with Gasteiger partial charge in [-0.15, -0.1) is 15.9 Å². The molecule has 0 aliphatic rings. The summed E-state index contributed by atoms with van der Waals surface area (Å²) in [4.78, 5) is 13.9. The average Bonchev–Trinajstić information content (AvgIpc) is 3.32. The number of nitrogen functional groups attached to an aromatic ring is 1. The van der Waals surface area contributed by atoms with E-state index in [9.17, 15) is 14.5 Å². The SMILES string of the molecule is CC[P+](=O)OC(CCC(C)(C)O)c1ccc(C(=O)Nc2cc(-c3cccs3)ccc2N)cc1. The standard InChI is InChI=1S/C25H29N2O4PS/c1-4-32(30)31-22(13-14-25(2,3)29)17-7-9-18(10-8-17)24(28)27-21-16-19(11-12-20(21)26)23-6-5-15-33-23/h5-12,15-16,22,29H,4,13-14,26H2,1-3H3/p+1. The van der Waals surface area contributed by atoms with Gasteiger partial charge in [-0.25, -0.2) is 0 Å². The van der Waals surface area contributed by atoms with Crippen molar-refractivity contribution in [3.05, 3.63) is 71.1 Å². The molecule has 0 aliphatic carbocycles. The van der Waals surface area contributed by atoms with E-state index in [1.165, 1.54) is 0 Å². The molecular weight excluding hydrogens is 455 g/mol. The van der Waals surface area contributed by atoms with Crippen LogP contribution in [0.3, 0.4) is 0 Å². The van der Waals surface area contributed by atoms with Gasteiger partial charge in [-0.05, 0) is 85.0 Å². The molecule has 0 aliphatic heterocycles. The van der Waals surface area contributed by atoms with E-state index in [1.807, 2.05) is 29.6 Å². The zero-order valence-corrected chi connectivity index (χ0v) is 20.8. The molecule has 0 saturated carbocycles. The van der Waals surface area contributed by atoms with Crippen LogP contribution in [0.15, 0.2) is 60.0 Å². The molecule has 2 atom stereocenters. The smallest absolute Gasteiger partial charge is 0.397 e. The van der Waals surface area contributed by atoms with Gasteiger partial charge in [0.15, 0.2) is 6.16 Å². The molecule has 1 heterocycles. The summed E-state index contributed by atoms with van der Waals surface area (Å²) in [7, 11) is -1.79. The lowest BCUT2D eigenvalue weighted by Crippen LogP contribution is -2.19. The maximum atomic E-state index is 12.9. The number of hydrogen-bond donors (Lipinski definition) is 3. The summed E-state index contributed by atoms with van der Waals surface area (Å²) in [6.45, 7) is 5.27. The van der Waals surface area contributed by atoms with Crippen LogP contribution in [0.25, 0.3) is 10.4 Å². The summed E-state index contributed by atoms with van der Waals surface area (Å²) in [5.74, 6) is -0.273. The van der Waals surface area contributed by atoms with Gasteiger partial charge in [-0.1, -0.05) is 24.3 Å². The van der Waals surface area contributed by atoms with Gasteiger partial charge in [0.1, 0.15) is 6.10 Å². The lowest BCUT2D eigenvalue weighted by atomic mass is 9.96. The minimum Gasteiger partial charge on any atom is -0.397 e. The summed E-state index contributed by atoms with van der Waals surface area (Å²) >= 11 is 1.62. The van der Waals surface area contributed by atoms with Crippen molar-refractivity contribution in [3.8, 4) is 10.4 Å². The normalized spacial score (nSPS) is 12.9. The molecule has 33 heavy (non-hydrogen) atoms. The van der Waals surface area contributed by atoms with Crippen LogP contribution in [0, 0.1) is 0 Å². The summed E-state index contributed by atoms with van der Waals surface area (Å²) in [6.07, 6.45) is 1.01. The first-order chi connectivity index (χ1) is 15.7. The first kappa shape index (κ1) is 25.1. The van der Waals surface area contributed by atoms with Crippen molar-refractivity contribution in [3.63, 3.8) is 0 Å². The summed E-state index contributed by atoms with van der Waals surface area (Å²) in [5, 5.41) is 15.0. The zero-order valence-electron chi connectivity index (χ0n) is 19.1. The third-order valence-electron chi connectivity index (χ3n) is 5.17. The highest BCUT2D eigenvalue weighted by Crippen LogP contribution is 2.36. The van der Waals surface area contributed by atoms with Crippen molar-refractivity contribution in [2.24, 2.45) is 0 Å². The molecule has 0 bridgehead atoms. The molecule has 4 N–H and O–H groups in total. The van der Waals surface area contributed by atoms with Crippen LogP contribution < -0.4 is 11.1 Å². The fraction of sp³-hybridized carbons (Fsp3) is 0.320. The van der Waals surface area contributed by atoms with Crippen LogP contribution in [0.2, 0.25) is 0 Å². The van der Waals surface area contributed by atoms with Gasteiger partial charge in [-0.2, -0.15) is 0 Å². The first-order valence-corrected chi connectivity index (χ1v) is 13.1. The number of thiophene rings is 1. The maximum absolute atomic E-state index is 12.9. The number of carbonyl (C=O) groups is 1. The van der Waals surface area contributed by atoms with E-state index < -0.39 is 19.7 Å². The van der Waals surface area contributed by atoms with E-state index >= 15 is 0 Å². The van der Waals surface area contributed by atoms with E-state index in [0.717, 1.165) is 16.0 Å². The number of anilines is 2. The molecule has 0 spiro atoms. The topological polar surface area (TPSA) is 102 Å².